The molecule has 0 saturated carbocycles. The predicted molar refractivity (Wildman–Crippen MR) is 85.0 cm³/mol. The Morgan fingerprint density at radius 2 is 1.45 bits per heavy atom. The maximum atomic E-state index is 5.78. The molecule has 1 heteroatoms. The Bertz CT molecular complexity index is 473. The van der Waals surface area contributed by atoms with Crippen LogP contribution in [0.5, 0.6) is 5.75 Å². The van der Waals surface area contributed by atoms with Gasteiger partial charge in [-0.3, -0.25) is 0 Å². The Balaban J connectivity index is 1.73. The van der Waals surface area contributed by atoms with Crippen molar-refractivity contribution in [2.45, 2.75) is 32.1 Å². The van der Waals surface area contributed by atoms with E-state index in [1.54, 1.807) is 0 Å². The molecule has 2 rings (SSSR count). The normalized spacial score (nSPS) is 10.4. The van der Waals surface area contributed by atoms with Gasteiger partial charge in [0.2, 0.25) is 0 Å². The zero-order valence-electron chi connectivity index (χ0n) is 12.1. The van der Waals surface area contributed by atoms with E-state index >= 15 is 0 Å². The Morgan fingerprint density at radius 3 is 2.15 bits per heavy atom. The molecule has 0 aliphatic carbocycles. The summed E-state index contributed by atoms with van der Waals surface area (Å²) >= 11 is 0. The summed E-state index contributed by atoms with van der Waals surface area (Å²) in [5.74, 6) is 0.960. The molecule has 0 aliphatic rings. The highest BCUT2D eigenvalue weighted by molar-refractivity contribution is 5.27. The molecule has 0 fully saturated rings. The second kappa shape index (κ2) is 8.42. The van der Waals surface area contributed by atoms with Crippen LogP contribution in [0.2, 0.25) is 0 Å². The molecule has 1 nitrogen and oxygen atoms in total. The topological polar surface area (TPSA) is 9.23 Å². The molecule has 0 bridgehead atoms. The lowest BCUT2D eigenvalue weighted by Crippen LogP contribution is -2.01. The zero-order valence-corrected chi connectivity index (χ0v) is 12.1. The van der Waals surface area contributed by atoms with Crippen LogP contribution < -0.4 is 4.74 Å². The van der Waals surface area contributed by atoms with Crippen LogP contribution in [0.3, 0.4) is 0 Å². The highest BCUT2D eigenvalue weighted by Crippen LogP contribution is 2.14. The van der Waals surface area contributed by atoms with Crippen molar-refractivity contribution in [1.82, 2.24) is 0 Å². The second-order valence-electron chi connectivity index (χ2n) is 5.04. The Kier molecular flexibility index (Phi) is 6.16. The minimum Gasteiger partial charge on any atom is -0.493 e. The maximum Gasteiger partial charge on any atom is 0.119 e. The van der Waals surface area contributed by atoms with E-state index in [0.29, 0.717) is 0 Å². The van der Waals surface area contributed by atoms with Gasteiger partial charge in [-0.2, -0.15) is 0 Å². The smallest absolute Gasteiger partial charge is 0.119 e. The van der Waals surface area contributed by atoms with Crippen molar-refractivity contribution in [3.8, 4) is 5.75 Å². The fourth-order valence-corrected chi connectivity index (χ4v) is 2.19. The lowest BCUT2D eigenvalue weighted by Gasteiger charge is -2.07. The summed E-state index contributed by atoms with van der Waals surface area (Å²) in [5, 5.41) is 0. The van der Waals surface area contributed by atoms with Gasteiger partial charge in [0.15, 0.2) is 0 Å². The molecular formula is C19H23O. The van der Waals surface area contributed by atoms with Crippen LogP contribution in [-0.2, 0) is 12.8 Å². The molecule has 0 atom stereocenters. The van der Waals surface area contributed by atoms with Gasteiger partial charge in [-0.15, -0.1) is 0 Å². The first-order valence-corrected chi connectivity index (χ1v) is 7.43. The highest BCUT2D eigenvalue weighted by Gasteiger charge is 1.97. The molecule has 2 aromatic carbocycles. The van der Waals surface area contributed by atoms with Crippen molar-refractivity contribution in [3.63, 3.8) is 0 Å². The van der Waals surface area contributed by atoms with Crippen molar-refractivity contribution in [2.75, 3.05) is 6.61 Å². The number of benzene rings is 2. The van der Waals surface area contributed by atoms with Gasteiger partial charge in [-0.1, -0.05) is 62.2 Å². The van der Waals surface area contributed by atoms with E-state index in [-0.39, 0.29) is 0 Å². The lowest BCUT2D eigenvalue weighted by atomic mass is 10.1. The standard InChI is InChI=1S/C19H23O/c1-2-3-5-8-18-11-13-19(14-12-18)20-16-15-17-9-6-4-7-10-17/h4,6-7,9-14H,1-3,5,8,15-16H2. The molecule has 0 aliphatic heterocycles. The van der Waals surface area contributed by atoms with Crippen LogP contribution >= 0.6 is 0 Å². The van der Waals surface area contributed by atoms with Crippen LogP contribution in [0.25, 0.3) is 0 Å². The fourth-order valence-electron chi connectivity index (χ4n) is 2.19. The molecule has 0 N–H and O–H groups in total. The van der Waals surface area contributed by atoms with E-state index in [1.165, 1.54) is 24.0 Å². The number of hydrogen-bond acceptors (Lipinski definition) is 1. The quantitative estimate of drug-likeness (QED) is 0.621. The Morgan fingerprint density at radius 1 is 0.750 bits per heavy atom. The van der Waals surface area contributed by atoms with Crippen LogP contribution in [0, 0.1) is 6.92 Å². The van der Waals surface area contributed by atoms with Gasteiger partial charge in [-0.05, 0) is 36.1 Å². The van der Waals surface area contributed by atoms with Crippen LogP contribution in [-0.4, -0.2) is 6.61 Å². The predicted octanol–water partition coefficient (Wildman–Crippen LogP) is 4.85. The molecule has 2 aromatic rings. The highest BCUT2D eigenvalue weighted by atomic mass is 16.5. The van der Waals surface area contributed by atoms with E-state index in [0.717, 1.165) is 31.6 Å². The molecule has 0 heterocycles. The van der Waals surface area contributed by atoms with Gasteiger partial charge in [0, 0.05) is 6.42 Å². The van der Waals surface area contributed by atoms with E-state index in [1.807, 2.05) is 6.07 Å². The number of ether oxygens (including phenoxy) is 1. The second-order valence-corrected chi connectivity index (χ2v) is 5.04. The summed E-state index contributed by atoms with van der Waals surface area (Å²) < 4.78 is 5.78. The van der Waals surface area contributed by atoms with Gasteiger partial charge in [0.25, 0.3) is 0 Å². The molecule has 1 radical (unpaired) electrons. The van der Waals surface area contributed by atoms with Crippen molar-refractivity contribution in [1.29, 1.82) is 0 Å². The first-order chi connectivity index (χ1) is 9.88. The number of rotatable bonds is 8. The first kappa shape index (κ1) is 14.6. The number of unbranched alkanes of at least 4 members (excludes halogenated alkanes) is 2. The zero-order chi connectivity index (χ0) is 14.0. The summed E-state index contributed by atoms with van der Waals surface area (Å²) in [7, 11) is 0. The Hall–Kier alpha value is -1.76. The molecule has 0 aromatic heterocycles. The van der Waals surface area contributed by atoms with E-state index in [2.05, 4.69) is 55.5 Å². The third kappa shape index (κ3) is 5.08. The van der Waals surface area contributed by atoms with Gasteiger partial charge in [0.1, 0.15) is 5.75 Å². The maximum absolute atomic E-state index is 5.78. The SMILES string of the molecule is [CH2]CCCCc1ccc(OCCc2ccccc2)cc1. The third-order valence-corrected chi connectivity index (χ3v) is 3.39. The fraction of sp³-hybridized carbons (Fsp3) is 0.316. The number of aryl methyl sites for hydroxylation is 1. The summed E-state index contributed by atoms with van der Waals surface area (Å²) in [5.41, 5.74) is 2.70. The molecule has 0 saturated heterocycles. The molecule has 20 heavy (non-hydrogen) atoms. The summed E-state index contributed by atoms with van der Waals surface area (Å²) in [6, 6.07) is 18.9. The van der Waals surface area contributed by atoms with E-state index in [4.69, 9.17) is 4.74 Å². The Labute approximate surface area is 122 Å². The molecule has 0 spiro atoms. The van der Waals surface area contributed by atoms with Crippen molar-refractivity contribution in [3.05, 3.63) is 72.6 Å². The summed E-state index contributed by atoms with van der Waals surface area (Å²) in [4.78, 5) is 0. The average molecular weight is 267 g/mol. The van der Waals surface area contributed by atoms with Crippen molar-refractivity contribution < 1.29 is 4.74 Å². The summed E-state index contributed by atoms with van der Waals surface area (Å²) in [6.45, 7) is 4.60. The molecule has 105 valence electrons. The minimum atomic E-state index is 0.727. The van der Waals surface area contributed by atoms with Gasteiger partial charge < -0.3 is 4.74 Å². The molecule has 0 unspecified atom stereocenters. The van der Waals surface area contributed by atoms with Gasteiger partial charge >= 0.3 is 0 Å². The molecular weight excluding hydrogens is 244 g/mol. The van der Waals surface area contributed by atoms with Gasteiger partial charge in [0.05, 0.1) is 6.61 Å². The van der Waals surface area contributed by atoms with Crippen LogP contribution in [0.15, 0.2) is 54.6 Å². The van der Waals surface area contributed by atoms with Crippen molar-refractivity contribution >= 4 is 0 Å². The largest absolute Gasteiger partial charge is 0.493 e. The van der Waals surface area contributed by atoms with Crippen molar-refractivity contribution in [2.24, 2.45) is 0 Å². The van der Waals surface area contributed by atoms with Crippen LogP contribution in [0.1, 0.15) is 30.4 Å². The summed E-state index contributed by atoms with van der Waals surface area (Å²) in [6.07, 6.45) is 5.54. The third-order valence-electron chi connectivity index (χ3n) is 3.39. The molecule has 0 amide bonds. The first-order valence-electron chi connectivity index (χ1n) is 7.43. The average Bonchev–Trinajstić information content (AvgIpc) is 2.50. The van der Waals surface area contributed by atoms with E-state index in [9.17, 15) is 0 Å². The van der Waals surface area contributed by atoms with Gasteiger partial charge in [-0.25, -0.2) is 0 Å². The van der Waals surface area contributed by atoms with Crippen LogP contribution in [0.4, 0.5) is 0 Å². The monoisotopic (exact) mass is 267 g/mol. The number of hydrogen-bond donors (Lipinski definition) is 0. The lowest BCUT2D eigenvalue weighted by molar-refractivity contribution is 0.322. The van der Waals surface area contributed by atoms with E-state index < -0.39 is 0 Å². The minimum absolute atomic E-state index is 0.727.